The predicted molar refractivity (Wildman–Crippen MR) is 78.0 cm³/mol. The second-order valence-electron chi connectivity index (χ2n) is 4.40. The zero-order valence-corrected chi connectivity index (χ0v) is 12.2. The molecule has 0 spiro atoms. The third kappa shape index (κ3) is 5.03. The lowest BCUT2D eigenvalue weighted by Gasteiger charge is -2.04. The summed E-state index contributed by atoms with van der Waals surface area (Å²) in [5.74, 6) is 0.725. The molecule has 0 saturated heterocycles. The number of rotatable bonds is 8. The number of unbranched alkanes of at least 4 members (excludes halogenated alkanes) is 3. The van der Waals surface area contributed by atoms with Crippen LogP contribution in [0.4, 0.5) is 5.69 Å². The van der Waals surface area contributed by atoms with Gasteiger partial charge in [0.25, 0.3) is 5.69 Å². The maximum Gasteiger partial charge on any atom is 0.283 e. The summed E-state index contributed by atoms with van der Waals surface area (Å²) in [6.07, 6.45) is 4.59. The van der Waals surface area contributed by atoms with E-state index in [0.717, 1.165) is 18.6 Å². The molecule has 1 aromatic carbocycles. The Bertz CT molecular complexity index is 460. The van der Waals surface area contributed by atoms with E-state index in [1.807, 2.05) is 0 Å². The summed E-state index contributed by atoms with van der Waals surface area (Å²) < 4.78 is 0. The van der Waals surface area contributed by atoms with Gasteiger partial charge in [0.2, 0.25) is 0 Å². The minimum Gasteiger partial charge on any atom is -0.295 e. The molecule has 0 radical (unpaired) electrons. The third-order valence-electron chi connectivity index (χ3n) is 2.82. The van der Waals surface area contributed by atoms with E-state index in [2.05, 4.69) is 6.92 Å². The maximum atomic E-state index is 11.2. The zero-order chi connectivity index (χ0) is 14.3. The van der Waals surface area contributed by atoms with E-state index in [0.29, 0.717) is 10.5 Å². The van der Waals surface area contributed by atoms with Crippen LogP contribution in [0.5, 0.6) is 0 Å². The van der Waals surface area contributed by atoms with Crippen LogP contribution < -0.4 is 0 Å². The molecule has 4 nitrogen and oxygen atoms in total. The van der Waals surface area contributed by atoms with E-state index in [4.69, 9.17) is 0 Å². The molecule has 19 heavy (non-hydrogen) atoms. The quantitative estimate of drug-likeness (QED) is 0.232. The number of hydrogen-bond acceptors (Lipinski definition) is 4. The van der Waals surface area contributed by atoms with Gasteiger partial charge in [-0.05, 0) is 31.2 Å². The van der Waals surface area contributed by atoms with Gasteiger partial charge in [0.15, 0.2) is 5.78 Å². The van der Waals surface area contributed by atoms with Crippen molar-refractivity contribution in [2.24, 2.45) is 0 Å². The molecule has 104 valence electrons. The maximum absolute atomic E-state index is 11.2. The molecule has 0 aliphatic rings. The van der Waals surface area contributed by atoms with Crippen LogP contribution in [0.3, 0.4) is 0 Å². The molecule has 1 aromatic rings. The largest absolute Gasteiger partial charge is 0.295 e. The van der Waals surface area contributed by atoms with Crippen molar-refractivity contribution in [3.8, 4) is 0 Å². The number of ketones is 1. The van der Waals surface area contributed by atoms with Crippen molar-refractivity contribution in [2.75, 3.05) is 5.75 Å². The van der Waals surface area contributed by atoms with Crippen LogP contribution >= 0.6 is 11.8 Å². The molecule has 0 aliphatic heterocycles. The number of hydrogen-bond donors (Lipinski definition) is 0. The molecule has 0 atom stereocenters. The standard InChI is InChI=1S/C14H19NO3S/c1-3-4-5-6-9-19-14-8-7-12(11(2)16)10-13(14)15(17)18/h7-8,10H,3-6,9H2,1-2H3. The van der Waals surface area contributed by atoms with Crippen LogP contribution in [0, 0.1) is 10.1 Å². The summed E-state index contributed by atoms with van der Waals surface area (Å²) in [5.41, 5.74) is 0.426. The van der Waals surface area contributed by atoms with Crippen molar-refractivity contribution >= 4 is 23.2 Å². The molecule has 0 aromatic heterocycles. The Balaban J connectivity index is 2.71. The Hall–Kier alpha value is -1.36. The fraction of sp³-hybridized carbons (Fsp3) is 0.500. The van der Waals surface area contributed by atoms with E-state index in [9.17, 15) is 14.9 Å². The van der Waals surface area contributed by atoms with Crippen molar-refractivity contribution in [3.63, 3.8) is 0 Å². The summed E-state index contributed by atoms with van der Waals surface area (Å²) in [6, 6.07) is 4.71. The number of thioether (sulfide) groups is 1. The Kier molecular flexibility index (Phi) is 6.56. The fourth-order valence-corrected chi connectivity index (χ4v) is 2.73. The molecule has 0 fully saturated rings. The number of nitrogens with zero attached hydrogens (tertiary/aromatic N) is 1. The lowest BCUT2D eigenvalue weighted by Crippen LogP contribution is -1.97. The first-order valence-electron chi connectivity index (χ1n) is 6.48. The van der Waals surface area contributed by atoms with Crippen molar-refractivity contribution < 1.29 is 9.72 Å². The highest BCUT2D eigenvalue weighted by Gasteiger charge is 2.16. The van der Waals surface area contributed by atoms with E-state index >= 15 is 0 Å². The predicted octanol–water partition coefficient (Wildman–Crippen LogP) is 4.47. The van der Waals surface area contributed by atoms with Gasteiger partial charge in [-0.2, -0.15) is 0 Å². The van der Waals surface area contributed by atoms with Gasteiger partial charge in [0.05, 0.1) is 9.82 Å². The van der Waals surface area contributed by atoms with Crippen molar-refractivity contribution in [2.45, 2.75) is 44.4 Å². The van der Waals surface area contributed by atoms with Crippen LogP contribution in [-0.4, -0.2) is 16.5 Å². The third-order valence-corrected chi connectivity index (χ3v) is 3.97. The lowest BCUT2D eigenvalue weighted by atomic mass is 10.1. The summed E-state index contributed by atoms with van der Waals surface area (Å²) in [5, 5.41) is 11.0. The normalized spacial score (nSPS) is 10.4. The molecule has 0 saturated carbocycles. The van der Waals surface area contributed by atoms with Gasteiger partial charge in [-0.15, -0.1) is 11.8 Å². The van der Waals surface area contributed by atoms with E-state index in [1.54, 1.807) is 12.1 Å². The van der Waals surface area contributed by atoms with Crippen LogP contribution in [-0.2, 0) is 0 Å². The first-order valence-corrected chi connectivity index (χ1v) is 7.47. The van der Waals surface area contributed by atoms with E-state index in [1.165, 1.54) is 37.6 Å². The van der Waals surface area contributed by atoms with Gasteiger partial charge in [-0.25, -0.2) is 0 Å². The Morgan fingerprint density at radius 3 is 2.63 bits per heavy atom. The zero-order valence-electron chi connectivity index (χ0n) is 11.3. The molecule has 0 amide bonds. The molecule has 5 heteroatoms. The molecule has 0 N–H and O–H groups in total. The topological polar surface area (TPSA) is 60.2 Å². The molecular weight excluding hydrogens is 262 g/mol. The average molecular weight is 281 g/mol. The summed E-state index contributed by atoms with van der Waals surface area (Å²) >= 11 is 1.49. The molecule has 0 unspecified atom stereocenters. The lowest BCUT2D eigenvalue weighted by molar-refractivity contribution is -0.387. The highest BCUT2D eigenvalue weighted by atomic mass is 32.2. The van der Waals surface area contributed by atoms with Crippen LogP contribution in [0.25, 0.3) is 0 Å². The Morgan fingerprint density at radius 1 is 1.32 bits per heavy atom. The Labute approximate surface area is 117 Å². The molecule has 0 bridgehead atoms. The van der Waals surface area contributed by atoms with Gasteiger partial charge in [0, 0.05) is 11.6 Å². The second kappa shape index (κ2) is 7.94. The number of nitro benzene ring substituents is 1. The summed E-state index contributed by atoms with van der Waals surface area (Å²) in [7, 11) is 0. The van der Waals surface area contributed by atoms with Crippen LogP contribution in [0.2, 0.25) is 0 Å². The SMILES string of the molecule is CCCCCCSc1ccc(C(C)=O)cc1[N+](=O)[O-]. The van der Waals surface area contributed by atoms with Crippen molar-refractivity contribution in [1.82, 2.24) is 0 Å². The number of carbonyl (C=O) groups excluding carboxylic acids is 1. The fourth-order valence-electron chi connectivity index (χ4n) is 1.71. The smallest absolute Gasteiger partial charge is 0.283 e. The van der Waals surface area contributed by atoms with E-state index in [-0.39, 0.29) is 11.5 Å². The van der Waals surface area contributed by atoms with Crippen LogP contribution in [0.1, 0.15) is 49.9 Å². The number of Topliss-reactive ketones (excluding diaryl/α,β-unsaturated/α-hetero) is 1. The molecule has 1 rings (SSSR count). The molecular formula is C14H19NO3S. The minimum atomic E-state index is -0.416. The highest BCUT2D eigenvalue weighted by molar-refractivity contribution is 7.99. The molecule has 0 heterocycles. The second-order valence-corrected chi connectivity index (χ2v) is 5.54. The summed E-state index contributed by atoms with van der Waals surface area (Å²) in [4.78, 5) is 22.5. The molecule has 0 aliphatic carbocycles. The van der Waals surface area contributed by atoms with Gasteiger partial charge in [-0.3, -0.25) is 14.9 Å². The van der Waals surface area contributed by atoms with Crippen molar-refractivity contribution in [3.05, 3.63) is 33.9 Å². The number of nitro groups is 1. The Morgan fingerprint density at radius 2 is 2.05 bits per heavy atom. The van der Waals surface area contributed by atoms with Crippen molar-refractivity contribution in [1.29, 1.82) is 0 Å². The monoisotopic (exact) mass is 281 g/mol. The van der Waals surface area contributed by atoms with Gasteiger partial charge in [0.1, 0.15) is 0 Å². The van der Waals surface area contributed by atoms with E-state index < -0.39 is 4.92 Å². The first kappa shape index (κ1) is 15.7. The first-order chi connectivity index (χ1) is 9.06. The van der Waals surface area contributed by atoms with Gasteiger partial charge >= 0.3 is 0 Å². The minimum absolute atomic E-state index is 0.0354. The van der Waals surface area contributed by atoms with Gasteiger partial charge in [-0.1, -0.05) is 26.2 Å². The average Bonchev–Trinajstić information content (AvgIpc) is 2.38. The van der Waals surface area contributed by atoms with Gasteiger partial charge < -0.3 is 0 Å². The highest BCUT2D eigenvalue weighted by Crippen LogP contribution is 2.31. The number of benzene rings is 1. The van der Waals surface area contributed by atoms with Crippen LogP contribution in [0.15, 0.2) is 23.1 Å². The number of carbonyl (C=O) groups is 1. The summed E-state index contributed by atoms with van der Waals surface area (Å²) in [6.45, 7) is 3.56.